The molecule has 1 heterocycles. The normalized spacial score (nSPS) is 19.6. The largest absolute Gasteiger partial charge is 0.392 e. The van der Waals surface area contributed by atoms with Crippen LogP contribution in [0, 0.1) is 24.7 Å². The Hall–Kier alpha value is -2.50. The lowest BCUT2D eigenvalue weighted by molar-refractivity contribution is 0.269. The number of nitrogens with one attached hydrogen (secondary N) is 1. The molecule has 0 radical (unpaired) electrons. The molecule has 2 aliphatic rings. The molecule has 2 aliphatic carbocycles. The van der Waals surface area contributed by atoms with Gasteiger partial charge in [-0.05, 0) is 81.1 Å². The molecule has 0 aliphatic heterocycles. The molecule has 0 saturated heterocycles. The van der Waals surface area contributed by atoms with Crippen LogP contribution in [-0.2, 0) is 6.61 Å². The molecule has 2 fully saturated rings. The van der Waals surface area contributed by atoms with Gasteiger partial charge in [0.25, 0.3) is 0 Å². The first kappa shape index (κ1) is 30.0. The highest BCUT2D eigenvalue weighted by Gasteiger charge is 2.18. The van der Waals surface area contributed by atoms with E-state index in [2.05, 4.69) is 22.2 Å². The zero-order chi connectivity index (χ0) is 27.2. The number of rotatable bonds is 6. The second kappa shape index (κ2) is 16.5. The Labute approximate surface area is 231 Å². The smallest absolute Gasteiger partial charge is 0.139 e. The lowest BCUT2D eigenvalue weighted by Crippen LogP contribution is -2.30. The molecular formula is C33H50N4O. The van der Waals surface area contributed by atoms with Crippen LogP contribution in [0.15, 0.2) is 54.6 Å². The van der Waals surface area contributed by atoms with Crippen LogP contribution in [-0.4, -0.2) is 42.3 Å². The van der Waals surface area contributed by atoms with Gasteiger partial charge in [-0.15, -0.1) is 0 Å². The van der Waals surface area contributed by atoms with Gasteiger partial charge in [-0.2, -0.15) is 0 Å². The second-order valence-electron chi connectivity index (χ2n) is 11.4. The van der Waals surface area contributed by atoms with Crippen LogP contribution in [0.4, 0.5) is 5.82 Å². The first-order chi connectivity index (χ1) is 18.5. The van der Waals surface area contributed by atoms with Gasteiger partial charge in [-0.25, -0.2) is 9.97 Å². The van der Waals surface area contributed by atoms with Crippen molar-refractivity contribution in [1.82, 2.24) is 15.3 Å². The van der Waals surface area contributed by atoms with Gasteiger partial charge in [0.05, 0.1) is 12.1 Å². The van der Waals surface area contributed by atoms with E-state index in [-0.39, 0.29) is 6.61 Å². The Kier molecular flexibility index (Phi) is 13.0. The summed E-state index contributed by atoms with van der Waals surface area (Å²) in [4.78, 5) is 10.8. The third-order valence-electron chi connectivity index (χ3n) is 7.87. The number of anilines is 1. The second-order valence-corrected chi connectivity index (χ2v) is 11.4. The summed E-state index contributed by atoms with van der Waals surface area (Å²) < 4.78 is 0. The molecule has 0 bridgehead atoms. The molecule has 0 atom stereocenters. The first-order valence-electron chi connectivity index (χ1n) is 14.7. The van der Waals surface area contributed by atoms with E-state index in [1.807, 2.05) is 80.5 Å². The molecule has 2 aromatic carbocycles. The Morgan fingerprint density at radius 3 is 2.00 bits per heavy atom. The maximum absolute atomic E-state index is 8.54. The molecule has 5 rings (SSSR count). The van der Waals surface area contributed by atoms with Crippen LogP contribution >= 0.6 is 0 Å². The van der Waals surface area contributed by atoms with Crippen molar-refractivity contribution in [3.63, 3.8) is 0 Å². The van der Waals surface area contributed by atoms with Crippen molar-refractivity contribution in [1.29, 1.82) is 0 Å². The summed E-state index contributed by atoms with van der Waals surface area (Å²) in [6, 6.07) is 17.6. The number of para-hydroxylation sites is 1. The minimum absolute atomic E-state index is 0.140. The topological polar surface area (TPSA) is 61.3 Å². The highest BCUT2D eigenvalue weighted by atomic mass is 16.3. The molecule has 0 amide bonds. The summed E-state index contributed by atoms with van der Waals surface area (Å²) >= 11 is 0. The van der Waals surface area contributed by atoms with Gasteiger partial charge in [-0.3, -0.25) is 0 Å². The Morgan fingerprint density at radius 2 is 1.39 bits per heavy atom. The van der Waals surface area contributed by atoms with Crippen molar-refractivity contribution in [3.8, 4) is 0 Å². The summed E-state index contributed by atoms with van der Waals surface area (Å²) in [5, 5.41) is 13.4. The predicted octanol–water partition coefficient (Wildman–Crippen LogP) is 7.17. The highest BCUT2D eigenvalue weighted by Crippen LogP contribution is 2.28. The van der Waals surface area contributed by atoms with Gasteiger partial charge < -0.3 is 15.3 Å². The Bertz CT molecular complexity index is 1040. The third kappa shape index (κ3) is 10.3. The first-order valence-corrected chi connectivity index (χ1v) is 14.7. The van der Waals surface area contributed by atoms with Gasteiger partial charge in [0.1, 0.15) is 11.6 Å². The lowest BCUT2D eigenvalue weighted by Gasteiger charge is -2.28. The molecular weight excluding hydrogens is 468 g/mol. The van der Waals surface area contributed by atoms with E-state index in [0.717, 1.165) is 45.9 Å². The van der Waals surface area contributed by atoms with Crippen molar-refractivity contribution in [2.24, 2.45) is 17.8 Å². The number of fused-ring (bicyclic) bond motifs is 1. The molecule has 5 nitrogen and oxygen atoms in total. The van der Waals surface area contributed by atoms with Crippen LogP contribution in [0.25, 0.3) is 10.9 Å². The van der Waals surface area contributed by atoms with E-state index >= 15 is 0 Å². The number of aliphatic hydroxyl groups is 1. The number of hydrogen-bond donors (Lipinski definition) is 2. The SMILES string of the molecule is CC1CCC(CNCC2CCCCC2)CC1.Cc1nc(N(C)C)c2ccccc2n1.OCc1ccccc1. The third-order valence-corrected chi connectivity index (χ3v) is 7.87. The minimum Gasteiger partial charge on any atom is -0.392 e. The van der Waals surface area contributed by atoms with Crippen molar-refractivity contribution < 1.29 is 5.11 Å². The van der Waals surface area contributed by atoms with Gasteiger partial charge in [-0.1, -0.05) is 81.5 Å². The maximum Gasteiger partial charge on any atom is 0.139 e. The summed E-state index contributed by atoms with van der Waals surface area (Å²) in [6.07, 6.45) is 13.3. The summed E-state index contributed by atoms with van der Waals surface area (Å²) in [7, 11) is 3.99. The average molecular weight is 519 g/mol. The van der Waals surface area contributed by atoms with E-state index in [1.54, 1.807) is 0 Å². The van der Waals surface area contributed by atoms with E-state index in [9.17, 15) is 0 Å². The maximum atomic E-state index is 8.54. The van der Waals surface area contributed by atoms with Crippen LogP contribution in [0.2, 0.25) is 0 Å². The molecule has 38 heavy (non-hydrogen) atoms. The fourth-order valence-electron chi connectivity index (χ4n) is 5.51. The van der Waals surface area contributed by atoms with Crippen molar-refractivity contribution >= 4 is 16.7 Å². The zero-order valence-corrected chi connectivity index (χ0v) is 24.2. The van der Waals surface area contributed by atoms with E-state index < -0.39 is 0 Å². The van der Waals surface area contributed by atoms with Gasteiger partial charge in [0.2, 0.25) is 0 Å². The molecule has 0 spiro atoms. The molecule has 0 unspecified atom stereocenters. The Balaban J connectivity index is 0.000000166. The van der Waals surface area contributed by atoms with Gasteiger partial charge in [0.15, 0.2) is 0 Å². The van der Waals surface area contributed by atoms with Crippen LogP contribution in [0.1, 0.15) is 76.1 Å². The van der Waals surface area contributed by atoms with Crippen molar-refractivity contribution in [2.45, 2.75) is 78.2 Å². The molecule has 2 saturated carbocycles. The van der Waals surface area contributed by atoms with Crippen molar-refractivity contribution in [2.75, 3.05) is 32.1 Å². The Morgan fingerprint density at radius 1 is 0.789 bits per heavy atom. The monoisotopic (exact) mass is 518 g/mol. The van der Waals surface area contributed by atoms with Crippen molar-refractivity contribution in [3.05, 3.63) is 66.0 Å². The quantitative estimate of drug-likeness (QED) is 0.362. The molecule has 2 N–H and O–H groups in total. The molecule has 208 valence electrons. The van der Waals surface area contributed by atoms with Crippen LogP contribution in [0.5, 0.6) is 0 Å². The fourth-order valence-corrected chi connectivity index (χ4v) is 5.51. The molecule has 3 aromatic rings. The number of aryl methyl sites for hydroxylation is 1. The molecule has 1 aromatic heterocycles. The van der Waals surface area contributed by atoms with E-state index in [0.29, 0.717) is 0 Å². The highest BCUT2D eigenvalue weighted by molar-refractivity contribution is 5.89. The number of benzene rings is 2. The fraction of sp³-hybridized carbons (Fsp3) is 0.576. The molecule has 5 heteroatoms. The summed E-state index contributed by atoms with van der Waals surface area (Å²) in [5.41, 5.74) is 1.97. The number of aromatic nitrogens is 2. The van der Waals surface area contributed by atoms with Crippen LogP contribution in [0.3, 0.4) is 0 Å². The number of hydrogen-bond acceptors (Lipinski definition) is 5. The predicted molar refractivity (Wildman–Crippen MR) is 162 cm³/mol. The van der Waals surface area contributed by atoms with Gasteiger partial charge in [0, 0.05) is 19.5 Å². The number of aliphatic hydroxyl groups excluding tert-OH is 1. The van der Waals surface area contributed by atoms with Crippen LogP contribution < -0.4 is 10.2 Å². The van der Waals surface area contributed by atoms with E-state index in [4.69, 9.17) is 5.11 Å². The van der Waals surface area contributed by atoms with Gasteiger partial charge >= 0.3 is 0 Å². The zero-order valence-electron chi connectivity index (χ0n) is 24.2. The standard InChI is InChI=1S/C15H29N.C11H13N3.C7H8O/c1-13-7-9-15(10-8-13)12-16-11-14-5-3-2-4-6-14;1-8-12-10-7-5-4-6-9(10)11(13-8)14(2)3;8-6-7-4-2-1-3-5-7/h13-16H,2-12H2,1H3;4-7H,1-3H3;1-5,8H,6H2. The average Bonchev–Trinajstić information content (AvgIpc) is 2.95. The van der Waals surface area contributed by atoms with E-state index in [1.165, 1.54) is 70.9 Å². The number of nitrogens with zero attached hydrogens (tertiary/aromatic N) is 3. The lowest BCUT2D eigenvalue weighted by atomic mass is 9.83. The summed E-state index contributed by atoms with van der Waals surface area (Å²) in [5.74, 6) is 4.77. The minimum atomic E-state index is 0.140. The summed E-state index contributed by atoms with van der Waals surface area (Å²) in [6.45, 7) is 7.06.